The summed E-state index contributed by atoms with van der Waals surface area (Å²) in [7, 11) is 0. The van der Waals surface area contributed by atoms with Crippen LogP contribution in [0.15, 0.2) is 132 Å². The van der Waals surface area contributed by atoms with Gasteiger partial charge in [-0.15, -0.1) is 0 Å². The summed E-state index contributed by atoms with van der Waals surface area (Å²) in [6.07, 6.45) is 3.91. The fourth-order valence-corrected chi connectivity index (χ4v) is 5.87. The SMILES string of the molecule is c1ccc2cc(-c3c4ccccc4c(-c4ccc5oc6ccccc6c5c4)c4cnccc34)ccc2c1. The molecule has 2 aromatic heterocycles. The van der Waals surface area contributed by atoms with Gasteiger partial charge in [0.25, 0.3) is 0 Å². The number of furan rings is 1. The monoisotopic (exact) mass is 471 g/mol. The molecule has 0 atom stereocenters. The summed E-state index contributed by atoms with van der Waals surface area (Å²) in [6, 6.07) is 41.0. The predicted octanol–water partition coefficient (Wildman–Crippen LogP) is 9.77. The molecule has 37 heavy (non-hydrogen) atoms. The van der Waals surface area contributed by atoms with Crippen LogP contribution >= 0.6 is 0 Å². The Morgan fingerprint density at radius 2 is 1.05 bits per heavy atom. The van der Waals surface area contributed by atoms with Gasteiger partial charge in [0.1, 0.15) is 11.2 Å². The van der Waals surface area contributed by atoms with Crippen molar-refractivity contribution in [2.75, 3.05) is 0 Å². The molecule has 0 bridgehead atoms. The molecule has 0 amide bonds. The van der Waals surface area contributed by atoms with E-state index in [-0.39, 0.29) is 0 Å². The molecule has 0 radical (unpaired) electrons. The predicted molar refractivity (Wildman–Crippen MR) is 155 cm³/mol. The smallest absolute Gasteiger partial charge is 0.135 e. The number of para-hydroxylation sites is 1. The Kier molecular flexibility index (Phi) is 4.26. The summed E-state index contributed by atoms with van der Waals surface area (Å²) >= 11 is 0. The molecule has 2 nitrogen and oxygen atoms in total. The van der Waals surface area contributed by atoms with Gasteiger partial charge in [0.2, 0.25) is 0 Å². The zero-order valence-electron chi connectivity index (χ0n) is 20.0. The Hall–Kier alpha value is -4.95. The van der Waals surface area contributed by atoms with Crippen molar-refractivity contribution in [3.8, 4) is 22.3 Å². The molecule has 2 heteroatoms. The Labute approximate surface area is 213 Å². The van der Waals surface area contributed by atoms with Crippen LogP contribution in [0.4, 0.5) is 0 Å². The fraction of sp³-hybridized carbons (Fsp3) is 0. The third-order valence-electron chi connectivity index (χ3n) is 7.53. The van der Waals surface area contributed by atoms with Gasteiger partial charge in [-0.1, -0.05) is 84.9 Å². The third kappa shape index (κ3) is 3.03. The van der Waals surface area contributed by atoms with Crippen LogP contribution in [-0.4, -0.2) is 4.98 Å². The molecular formula is C35H21NO. The molecule has 8 aromatic rings. The van der Waals surface area contributed by atoms with Gasteiger partial charge in [-0.3, -0.25) is 4.98 Å². The van der Waals surface area contributed by atoms with Crippen LogP contribution in [-0.2, 0) is 0 Å². The van der Waals surface area contributed by atoms with Crippen molar-refractivity contribution in [3.63, 3.8) is 0 Å². The van der Waals surface area contributed by atoms with E-state index in [0.717, 1.165) is 27.3 Å². The van der Waals surface area contributed by atoms with Gasteiger partial charge in [-0.05, 0) is 79.5 Å². The summed E-state index contributed by atoms with van der Waals surface area (Å²) in [5.74, 6) is 0. The zero-order valence-corrected chi connectivity index (χ0v) is 20.0. The number of nitrogens with zero attached hydrogens (tertiary/aromatic N) is 1. The molecule has 6 aromatic carbocycles. The first-order valence-electron chi connectivity index (χ1n) is 12.5. The minimum absolute atomic E-state index is 0.907. The number of benzene rings is 6. The third-order valence-corrected chi connectivity index (χ3v) is 7.53. The summed E-state index contributed by atoms with van der Waals surface area (Å²) in [6.45, 7) is 0. The van der Waals surface area contributed by atoms with Crippen LogP contribution in [0.5, 0.6) is 0 Å². The Bertz CT molecular complexity index is 2090. The second kappa shape index (κ2) is 7.78. The lowest BCUT2D eigenvalue weighted by Crippen LogP contribution is -1.91. The molecular weight excluding hydrogens is 450 g/mol. The standard InChI is InChI=1S/C35H21NO/c1-2-8-23-19-24(14-13-22(23)7-1)34-27-10-3-4-11-28(27)35(31-21-36-18-17-29(31)34)25-15-16-33-30(20-25)26-9-5-6-12-32(26)37-33/h1-21H. The molecule has 2 heterocycles. The van der Waals surface area contributed by atoms with Gasteiger partial charge in [0, 0.05) is 28.6 Å². The first-order chi connectivity index (χ1) is 18.3. The molecule has 0 aliphatic rings. The molecule has 172 valence electrons. The zero-order chi connectivity index (χ0) is 24.3. The number of hydrogen-bond acceptors (Lipinski definition) is 2. The van der Waals surface area contributed by atoms with Gasteiger partial charge in [0.05, 0.1) is 0 Å². The Balaban J connectivity index is 1.48. The molecule has 0 spiro atoms. The van der Waals surface area contributed by atoms with Crippen LogP contribution in [0, 0.1) is 0 Å². The highest BCUT2D eigenvalue weighted by molar-refractivity contribution is 6.22. The maximum absolute atomic E-state index is 6.12. The van der Waals surface area contributed by atoms with E-state index in [2.05, 4.69) is 108 Å². The normalized spacial score (nSPS) is 11.8. The number of rotatable bonds is 2. The van der Waals surface area contributed by atoms with E-state index in [4.69, 9.17) is 4.42 Å². The molecule has 0 saturated heterocycles. The summed E-state index contributed by atoms with van der Waals surface area (Å²) < 4.78 is 6.12. The molecule has 0 N–H and O–H groups in total. The van der Waals surface area contributed by atoms with Crippen LogP contribution < -0.4 is 0 Å². The van der Waals surface area contributed by atoms with E-state index in [1.807, 2.05) is 24.5 Å². The van der Waals surface area contributed by atoms with Crippen molar-refractivity contribution < 1.29 is 4.42 Å². The number of hydrogen-bond donors (Lipinski definition) is 0. The molecule has 0 saturated carbocycles. The lowest BCUT2D eigenvalue weighted by atomic mass is 9.86. The molecule has 0 unspecified atom stereocenters. The first kappa shape index (κ1) is 20.3. The number of fused-ring (bicyclic) bond motifs is 6. The highest BCUT2D eigenvalue weighted by Crippen LogP contribution is 2.44. The maximum Gasteiger partial charge on any atom is 0.135 e. The second-order valence-corrected chi connectivity index (χ2v) is 9.59. The van der Waals surface area contributed by atoms with E-state index in [1.54, 1.807) is 0 Å². The first-order valence-corrected chi connectivity index (χ1v) is 12.5. The summed E-state index contributed by atoms with van der Waals surface area (Å²) in [5.41, 5.74) is 6.65. The lowest BCUT2D eigenvalue weighted by Gasteiger charge is -2.17. The minimum atomic E-state index is 0.907. The van der Waals surface area contributed by atoms with E-state index in [9.17, 15) is 0 Å². The average molecular weight is 472 g/mol. The average Bonchev–Trinajstić information content (AvgIpc) is 3.33. The topological polar surface area (TPSA) is 26.0 Å². The molecule has 0 aliphatic heterocycles. The van der Waals surface area contributed by atoms with Gasteiger partial charge in [0.15, 0.2) is 0 Å². The minimum Gasteiger partial charge on any atom is -0.456 e. The highest BCUT2D eigenvalue weighted by atomic mass is 16.3. The quantitative estimate of drug-likeness (QED) is 0.235. The highest BCUT2D eigenvalue weighted by Gasteiger charge is 2.18. The number of pyridine rings is 1. The van der Waals surface area contributed by atoms with Crippen molar-refractivity contribution in [3.05, 3.63) is 128 Å². The van der Waals surface area contributed by atoms with E-state index in [1.165, 1.54) is 49.2 Å². The summed E-state index contributed by atoms with van der Waals surface area (Å²) in [4.78, 5) is 4.57. The fourth-order valence-electron chi connectivity index (χ4n) is 5.87. The van der Waals surface area contributed by atoms with Crippen LogP contribution in [0.3, 0.4) is 0 Å². The van der Waals surface area contributed by atoms with Crippen LogP contribution in [0.2, 0.25) is 0 Å². The van der Waals surface area contributed by atoms with Crippen LogP contribution in [0.1, 0.15) is 0 Å². The molecule has 0 fully saturated rings. The molecule has 8 rings (SSSR count). The Morgan fingerprint density at radius 1 is 0.432 bits per heavy atom. The summed E-state index contributed by atoms with van der Waals surface area (Å²) in [5, 5.41) is 9.58. The number of aromatic nitrogens is 1. The Morgan fingerprint density at radius 3 is 1.92 bits per heavy atom. The van der Waals surface area contributed by atoms with Crippen molar-refractivity contribution in [1.82, 2.24) is 4.98 Å². The van der Waals surface area contributed by atoms with Crippen molar-refractivity contribution in [2.24, 2.45) is 0 Å². The van der Waals surface area contributed by atoms with Crippen molar-refractivity contribution >= 4 is 54.3 Å². The van der Waals surface area contributed by atoms with Crippen molar-refractivity contribution in [1.29, 1.82) is 0 Å². The lowest BCUT2D eigenvalue weighted by molar-refractivity contribution is 0.669. The van der Waals surface area contributed by atoms with E-state index >= 15 is 0 Å². The van der Waals surface area contributed by atoms with Gasteiger partial charge in [-0.25, -0.2) is 0 Å². The van der Waals surface area contributed by atoms with E-state index < -0.39 is 0 Å². The van der Waals surface area contributed by atoms with E-state index in [0.29, 0.717) is 0 Å². The van der Waals surface area contributed by atoms with Gasteiger partial charge < -0.3 is 4.42 Å². The second-order valence-electron chi connectivity index (χ2n) is 9.59. The van der Waals surface area contributed by atoms with Crippen LogP contribution in [0.25, 0.3) is 76.5 Å². The van der Waals surface area contributed by atoms with Crippen molar-refractivity contribution in [2.45, 2.75) is 0 Å². The largest absolute Gasteiger partial charge is 0.456 e. The molecule has 0 aliphatic carbocycles. The maximum atomic E-state index is 6.12. The van der Waals surface area contributed by atoms with Gasteiger partial charge >= 0.3 is 0 Å². The van der Waals surface area contributed by atoms with Gasteiger partial charge in [-0.2, -0.15) is 0 Å².